The van der Waals surface area contributed by atoms with Gasteiger partial charge >= 0.3 is 0 Å². The fourth-order valence-electron chi connectivity index (χ4n) is 3.85. The molecule has 0 bridgehead atoms. The summed E-state index contributed by atoms with van der Waals surface area (Å²) in [6.45, 7) is 3.36. The SMILES string of the molecule is Cc1nc([C@@H]2CCCN(C(=O)CC3CCCC3)C2)cc(=O)[nH]1. The number of amides is 1. The highest BCUT2D eigenvalue weighted by molar-refractivity contribution is 5.76. The Labute approximate surface area is 131 Å². The number of nitrogens with one attached hydrogen (secondary N) is 1. The quantitative estimate of drug-likeness (QED) is 0.932. The molecule has 22 heavy (non-hydrogen) atoms. The van der Waals surface area contributed by atoms with Crippen molar-refractivity contribution in [1.29, 1.82) is 0 Å². The van der Waals surface area contributed by atoms with Crippen LogP contribution in [0.2, 0.25) is 0 Å². The molecule has 1 aliphatic carbocycles. The second-order valence-corrected chi connectivity index (χ2v) is 6.79. The molecule has 3 rings (SSSR count). The smallest absolute Gasteiger partial charge is 0.251 e. The van der Waals surface area contributed by atoms with Crippen molar-refractivity contribution in [1.82, 2.24) is 14.9 Å². The third-order valence-corrected chi connectivity index (χ3v) is 5.01. The predicted octanol–water partition coefficient (Wildman–Crippen LogP) is 2.36. The molecular formula is C17H25N3O2. The fraction of sp³-hybridized carbons (Fsp3) is 0.706. The van der Waals surface area contributed by atoms with Crippen molar-refractivity contribution in [2.45, 2.75) is 57.8 Å². The van der Waals surface area contributed by atoms with Crippen LogP contribution in [0.1, 0.15) is 62.4 Å². The summed E-state index contributed by atoms with van der Waals surface area (Å²) in [7, 11) is 0. The molecule has 0 unspecified atom stereocenters. The summed E-state index contributed by atoms with van der Waals surface area (Å²) >= 11 is 0. The van der Waals surface area contributed by atoms with Crippen LogP contribution in [0.3, 0.4) is 0 Å². The van der Waals surface area contributed by atoms with Gasteiger partial charge in [0.05, 0.1) is 5.69 Å². The molecule has 0 aromatic carbocycles. The van der Waals surface area contributed by atoms with E-state index >= 15 is 0 Å². The number of hydrogen-bond donors (Lipinski definition) is 1. The summed E-state index contributed by atoms with van der Waals surface area (Å²) in [5, 5.41) is 0. The van der Waals surface area contributed by atoms with Gasteiger partial charge in [-0.2, -0.15) is 0 Å². The van der Waals surface area contributed by atoms with Crippen molar-refractivity contribution in [3.8, 4) is 0 Å². The molecular weight excluding hydrogens is 278 g/mol. The van der Waals surface area contributed by atoms with Gasteiger partial charge in [0.15, 0.2) is 0 Å². The van der Waals surface area contributed by atoms with Gasteiger partial charge in [-0.1, -0.05) is 12.8 Å². The van der Waals surface area contributed by atoms with Crippen LogP contribution in [-0.4, -0.2) is 33.9 Å². The average Bonchev–Trinajstić information content (AvgIpc) is 2.99. The zero-order valence-electron chi connectivity index (χ0n) is 13.3. The summed E-state index contributed by atoms with van der Waals surface area (Å²) in [6, 6.07) is 1.59. The van der Waals surface area contributed by atoms with Crippen molar-refractivity contribution in [3.05, 3.63) is 27.9 Å². The van der Waals surface area contributed by atoms with E-state index in [4.69, 9.17) is 0 Å². The Morgan fingerprint density at radius 3 is 2.82 bits per heavy atom. The number of aromatic nitrogens is 2. The molecule has 5 heteroatoms. The highest BCUT2D eigenvalue weighted by atomic mass is 16.2. The van der Waals surface area contributed by atoms with Gasteiger partial charge in [0, 0.05) is 31.5 Å². The lowest BCUT2D eigenvalue weighted by Gasteiger charge is -2.33. The van der Waals surface area contributed by atoms with E-state index in [1.54, 1.807) is 13.0 Å². The molecule has 1 saturated heterocycles. The van der Waals surface area contributed by atoms with Crippen LogP contribution in [0.15, 0.2) is 10.9 Å². The number of likely N-dealkylation sites (tertiary alicyclic amines) is 1. The Morgan fingerprint density at radius 2 is 2.09 bits per heavy atom. The summed E-state index contributed by atoms with van der Waals surface area (Å²) in [5.41, 5.74) is 0.733. The first kappa shape index (κ1) is 15.3. The average molecular weight is 303 g/mol. The standard InChI is InChI=1S/C17H25N3O2/c1-12-18-15(10-16(21)19-12)14-7-4-8-20(11-14)17(22)9-13-5-2-3-6-13/h10,13-14H,2-9,11H2,1H3,(H,18,19,21)/t14-/m1/s1. The second-order valence-electron chi connectivity index (χ2n) is 6.79. The van der Waals surface area contributed by atoms with Crippen LogP contribution in [0.5, 0.6) is 0 Å². The number of hydrogen-bond acceptors (Lipinski definition) is 3. The lowest BCUT2D eigenvalue weighted by molar-refractivity contribution is -0.133. The number of H-pyrrole nitrogens is 1. The molecule has 1 amide bonds. The minimum atomic E-state index is -0.100. The number of aryl methyl sites for hydroxylation is 1. The second kappa shape index (κ2) is 6.63. The van der Waals surface area contributed by atoms with E-state index in [1.807, 2.05) is 4.90 Å². The molecule has 0 spiro atoms. The fourth-order valence-corrected chi connectivity index (χ4v) is 3.85. The van der Waals surface area contributed by atoms with Gasteiger partial charge in [0.1, 0.15) is 5.82 Å². The van der Waals surface area contributed by atoms with Crippen LogP contribution in [0.4, 0.5) is 0 Å². The Bertz CT molecular complexity index is 590. The molecule has 1 saturated carbocycles. The van der Waals surface area contributed by atoms with Gasteiger partial charge in [-0.25, -0.2) is 4.98 Å². The maximum atomic E-state index is 12.5. The largest absolute Gasteiger partial charge is 0.342 e. The Morgan fingerprint density at radius 1 is 1.32 bits per heavy atom. The number of carbonyl (C=O) groups excluding carboxylic acids is 1. The molecule has 2 fully saturated rings. The molecule has 2 aliphatic rings. The number of carbonyl (C=O) groups is 1. The maximum absolute atomic E-state index is 12.5. The molecule has 1 aromatic rings. The van der Waals surface area contributed by atoms with E-state index in [9.17, 15) is 9.59 Å². The first-order valence-electron chi connectivity index (χ1n) is 8.47. The maximum Gasteiger partial charge on any atom is 0.251 e. The molecule has 1 aliphatic heterocycles. The minimum Gasteiger partial charge on any atom is -0.342 e. The van der Waals surface area contributed by atoms with Crippen molar-refractivity contribution >= 4 is 5.91 Å². The van der Waals surface area contributed by atoms with E-state index in [-0.39, 0.29) is 17.4 Å². The number of nitrogens with zero attached hydrogens (tertiary/aromatic N) is 2. The molecule has 0 radical (unpaired) electrons. The zero-order chi connectivity index (χ0) is 15.5. The summed E-state index contributed by atoms with van der Waals surface area (Å²) < 4.78 is 0. The van der Waals surface area contributed by atoms with Gasteiger partial charge in [-0.05, 0) is 38.5 Å². The van der Waals surface area contributed by atoms with Crippen molar-refractivity contribution in [2.24, 2.45) is 5.92 Å². The zero-order valence-corrected chi connectivity index (χ0v) is 13.3. The summed E-state index contributed by atoms with van der Waals surface area (Å²) in [6.07, 6.45) is 7.66. The minimum absolute atomic E-state index is 0.100. The lowest BCUT2D eigenvalue weighted by Crippen LogP contribution is -2.40. The normalized spacial score (nSPS) is 23.0. The Hall–Kier alpha value is -1.65. The van der Waals surface area contributed by atoms with Gasteiger partial charge in [0.25, 0.3) is 5.56 Å². The predicted molar refractivity (Wildman–Crippen MR) is 84.7 cm³/mol. The van der Waals surface area contributed by atoms with Crippen LogP contribution in [0, 0.1) is 12.8 Å². The van der Waals surface area contributed by atoms with Crippen LogP contribution < -0.4 is 5.56 Å². The third kappa shape index (κ3) is 3.57. The van der Waals surface area contributed by atoms with Crippen molar-refractivity contribution in [3.63, 3.8) is 0 Å². The van der Waals surface area contributed by atoms with Crippen LogP contribution in [-0.2, 0) is 4.79 Å². The molecule has 120 valence electrons. The van der Waals surface area contributed by atoms with Crippen molar-refractivity contribution < 1.29 is 4.79 Å². The van der Waals surface area contributed by atoms with E-state index in [0.29, 0.717) is 24.7 Å². The summed E-state index contributed by atoms with van der Waals surface area (Å²) in [4.78, 5) is 33.3. The monoisotopic (exact) mass is 303 g/mol. The molecule has 1 aromatic heterocycles. The van der Waals surface area contributed by atoms with E-state index < -0.39 is 0 Å². The van der Waals surface area contributed by atoms with Crippen LogP contribution >= 0.6 is 0 Å². The molecule has 1 atom stereocenters. The first-order chi connectivity index (χ1) is 10.6. The van der Waals surface area contributed by atoms with Gasteiger partial charge in [0.2, 0.25) is 5.91 Å². The third-order valence-electron chi connectivity index (χ3n) is 5.01. The highest BCUT2D eigenvalue weighted by Crippen LogP contribution is 2.30. The summed E-state index contributed by atoms with van der Waals surface area (Å²) in [5.74, 6) is 1.73. The Balaban J connectivity index is 1.65. The topological polar surface area (TPSA) is 66.1 Å². The number of rotatable bonds is 3. The molecule has 2 heterocycles. The number of piperidine rings is 1. The van der Waals surface area contributed by atoms with Gasteiger partial charge < -0.3 is 9.88 Å². The molecule has 5 nitrogen and oxygen atoms in total. The van der Waals surface area contributed by atoms with E-state index in [0.717, 1.165) is 25.1 Å². The van der Waals surface area contributed by atoms with Gasteiger partial charge in [-0.15, -0.1) is 0 Å². The van der Waals surface area contributed by atoms with Crippen LogP contribution in [0.25, 0.3) is 0 Å². The van der Waals surface area contributed by atoms with E-state index in [2.05, 4.69) is 9.97 Å². The van der Waals surface area contributed by atoms with E-state index in [1.165, 1.54) is 25.7 Å². The number of aromatic amines is 1. The first-order valence-corrected chi connectivity index (χ1v) is 8.47. The Kier molecular flexibility index (Phi) is 4.60. The highest BCUT2D eigenvalue weighted by Gasteiger charge is 2.28. The van der Waals surface area contributed by atoms with Gasteiger partial charge in [-0.3, -0.25) is 9.59 Å². The molecule has 1 N–H and O–H groups in total. The van der Waals surface area contributed by atoms with Crippen molar-refractivity contribution in [2.75, 3.05) is 13.1 Å². The lowest BCUT2D eigenvalue weighted by atomic mass is 9.93.